The zero-order valence-corrected chi connectivity index (χ0v) is 17.0. The van der Waals surface area contributed by atoms with Crippen molar-refractivity contribution in [2.45, 2.75) is 32.7 Å². The second-order valence-corrected chi connectivity index (χ2v) is 6.99. The zero-order chi connectivity index (χ0) is 21.4. The van der Waals surface area contributed by atoms with Crippen LogP contribution in [0.5, 0.6) is 0 Å². The van der Waals surface area contributed by atoms with Crippen molar-refractivity contribution < 1.29 is 19.8 Å². The molecular formula is C24H27NO4. The van der Waals surface area contributed by atoms with Gasteiger partial charge in [0.2, 0.25) is 0 Å². The maximum absolute atomic E-state index is 9.10. The number of hydrogen-bond donors (Lipinski definition) is 3. The third kappa shape index (κ3) is 6.16. The summed E-state index contributed by atoms with van der Waals surface area (Å²) in [5.41, 5.74) is 5.48. The predicted octanol–water partition coefficient (Wildman–Crippen LogP) is 4.51. The molecule has 3 N–H and O–H groups in total. The second-order valence-electron chi connectivity index (χ2n) is 6.99. The number of aryl methyl sites for hydroxylation is 3. The highest BCUT2D eigenvalue weighted by Crippen LogP contribution is 2.26. The van der Waals surface area contributed by atoms with Crippen LogP contribution in [0.2, 0.25) is 0 Å². The van der Waals surface area contributed by atoms with Gasteiger partial charge >= 0.3 is 11.9 Å². The van der Waals surface area contributed by atoms with Crippen LogP contribution in [0.4, 0.5) is 0 Å². The third-order valence-corrected chi connectivity index (χ3v) is 4.95. The topological polar surface area (TPSA) is 86.6 Å². The van der Waals surface area contributed by atoms with E-state index in [0.717, 1.165) is 12.8 Å². The Morgan fingerprint density at radius 2 is 1.45 bits per heavy atom. The Morgan fingerprint density at radius 3 is 2.00 bits per heavy atom. The molecule has 0 aliphatic heterocycles. The average molecular weight is 393 g/mol. The first-order chi connectivity index (χ1) is 13.8. The summed E-state index contributed by atoms with van der Waals surface area (Å²) in [4.78, 5) is 18.2. The van der Waals surface area contributed by atoms with Gasteiger partial charge in [-0.25, -0.2) is 9.59 Å². The predicted molar refractivity (Wildman–Crippen MR) is 115 cm³/mol. The number of hydrogen-bond acceptors (Lipinski definition) is 3. The van der Waals surface area contributed by atoms with Gasteiger partial charge in [0.1, 0.15) is 0 Å². The molecule has 0 aliphatic carbocycles. The van der Waals surface area contributed by atoms with Crippen LogP contribution in [0.3, 0.4) is 0 Å². The van der Waals surface area contributed by atoms with Crippen LogP contribution in [0.1, 0.15) is 34.7 Å². The molecule has 3 aromatic rings. The van der Waals surface area contributed by atoms with Crippen molar-refractivity contribution in [1.29, 1.82) is 0 Å². The Bertz CT molecular complexity index is 968. The molecule has 0 aliphatic rings. The number of carboxylic acids is 2. The number of nitrogens with one attached hydrogen (secondary N) is 1. The molecule has 0 spiro atoms. The first-order valence-corrected chi connectivity index (χ1v) is 9.50. The molecule has 3 rings (SSSR count). The lowest BCUT2D eigenvalue weighted by Crippen LogP contribution is -2.17. The first-order valence-electron chi connectivity index (χ1n) is 9.50. The number of benzene rings is 3. The standard InChI is InChI=1S/C22H25N.C2H2O4/c1-16-8-11-19(12-9-16)22(23-3)15-14-18-13-10-17(2)20-6-4-5-7-21(18)20;3-1(4)2(5)6/h4-13,22-23H,14-15H2,1-3H3;(H,3,4)(H,5,6). The Kier molecular flexibility index (Phi) is 7.92. The smallest absolute Gasteiger partial charge is 0.414 e. The summed E-state index contributed by atoms with van der Waals surface area (Å²) in [6, 6.07) is 22.5. The minimum Gasteiger partial charge on any atom is -0.473 e. The largest absolute Gasteiger partial charge is 0.473 e. The molecule has 0 heterocycles. The number of fused-ring (bicyclic) bond motifs is 1. The van der Waals surface area contributed by atoms with Crippen molar-refractivity contribution in [3.8, 4) is 0 Å². The molecule has 5 heteroatoms. The molecule has 1 atom stereocenters. The fourth-order valence-electron chi connectivity index (χ4n) is 3.31. The molecule has 3 aromatic carbocycles. The van der Waals surface area contributed by atoms with Gasteiger partial charge in [-0.1, -0.05) is 66.2 Å². The van der Waals surface area contributed by atoms with E-state index in [4.69, 9.17) is 19.8 Å². The molecule has 0 amide bonds. The Morgan fingerprint density at radius 1 is 0.862 bits per heavy atom. The van der Waals surface area contributed by atoms with Gasteiger partial charge in [-0.05, 0) is 61.2 Å². The van der Waals surface area contributed by atoms with Gasteiger partial charge in [0.25, 0.3) is 0 Å². The normalized spacial score (nSPS) is 11.4. The van der Waals surface area contributed by atoms with E-state index in [2.05, 4.69) is 86.9 Å². The maximum atomic E-state index is 9.10. The minimum atomic E-state index is -1.82. The summed E-state index contributed by atoms with van der Waals surface area (Å²) in [5, 5.41) is 21.0. The van der Waals surface area contributed by atoms with Crippen molar-refractivity contribution in [2.24, 2.45) is 0 Å². The first kappa shape index (κ1) is 22.1. The molecule has 0 fully saturated rings. The fraction of sp³-hybridized carbons (Fsp3) is 0.250. The third-order valence-electron chi connectivity index (χ3n) is 4.95. The molecule has 152 valence electrons. The van der Waals surface area contributed by atoms with E-state index in [1.165, 1.54) is 33.0 Å². The molecule has 1 unspecified atom stereocenters. The Labute approximate surface area is 171 Å². The van der Waals surface area contributed by atoms with Crippen LogP contribution in [-0.4, -0.2) is 29.2 Å². The summed E-state index contributed by atoms with van der Waals surface area (Å²) in [7, 11) is 2.05. The molecule has 29 heavy (non-hydrogen) atoms. The number of aliphatic carboxylic acids is 2. The SMILES string of the molecule is CNC(CCc1ccc(C)c2ccccc12)c1ccc(C)cc1.O=C(O)C(=O)O. The lowest BCUT2D eigenvalue weighted by Gasteiger charge is -2.18. The summed E-state index contributed by atoms with van der Waals surface area (Å²) in [6.45, 7) is 4.32. The van der Waals surface area contributed by atoms with Crippen LogP contribution < -0.4 is 5.32 Å². The fourth-order valence-corrected chi connectivity index (χ4v) is 3.31. The van der Waals surface area contributed by atoms with E-state index in [1.54, 1.807) is 0 Å². The molecule has 0 radical (unpaired) electrons. The van der Waals surface area contributed by atoms with Gasteiger partial charge in [-0.3, -0.25) is 0 Å². The lowest BCUT2D eigenvalue weighted by atomic mass is 9.94. The minimum absolute atomic E-state index is 0.399. The van der Waals surface area contributed by atoms with Gasteiger partial charge in [-0.15, -0.1) is 0 Å². The molecule has 0 saturated heterocycles. The van der Waals surface area contributed by atoms with Gasteiger partial charge in [0, 0.05) is 6.04 Å². The Balaban J connectivity index is 0.000000438. The van der Waals surface area contributed by atoms with E-state index < -0.39 is 11.9 Å². The molecule has 5 nitrogen and oxygen atoms in total. The monoisotopic (exact) mass is 393 g/mol. The maximum Gasteiger partial charge on any atom is 0.414 e. The van der Waals surface area contributed by atoms with Crippen LogP contribution in [-0.2, 0) is 16.0 Å². The molecule has 0 bridgehead atoms. The van der Waals surface area contributed by atoms with Crippen molar-refractivity contribution in [1.82, 2.24) is 5.32 Å². The summed E-state index contributed by atoms with van der Waals surface area (Å²) in [6.07, 6.45) is 2.19. The van der Waals surface area contributed by atoms with E-state index in [1.807, 2.05) is 0 Å². The van der Waals surface area contributed by atoms with Gasteiger partial charge < -0.3 is 15.5 Å². The highest BCUT2D eigenvalue weighted by atomic mass is 16.4. The molecule has 0 aromatic heterocycles. The van der Waals surface area contributed by atoms with Crippen molar-refractivity contribution in [3.63, 3.8) is 0 Å². The Hall–Kier alpha value is -3.18. The van der Waals surface area contributed by atoms with Crippen molar-refractivity contribution in [2.75, 3.05) is 7.05 Å². The average Bonchev–Trinajstić information content (AvgIpc) is 2.71. The quantitative estimate of drug-likeness (QED) is 0.556. The zero-order valence-electron chi connectivity index (χ0n) is 17.0. The molecule has 0 saturated carbocycles. The van der Waals surface area contributed by atoms with Crippen LogP contribution in [0.25, 0.3) is 10.8 Å². The highest BCUT2D eigenvalue weighted by Gasteiger charge is 2.11. The van der Waals surface area contributed by atoms with Crippen molar-refractivity contribution in [3.05, 3.63) is 82.9 Å². The summed E-state index contributed by atoms with van der Waals surface area (Å²) >= 11 is 0. The van der Waals surface area contributed by atoms with Gasteiger partial charge in [0.05, 0.1) is 0 Å². The van der Waals surface area contributed by atoms with Crippen molar-refractivity contribution >= 4 is 22.7 Å². The number of carbonyl (C=O) groups is 2. The lowest BCUT2D eigenvalue weighted by molar-refractivity contribution is -0.159. The van der Waals surface area contributed by atoms with E-state index in [9.17, 15) is 0 Å². The number of carboxylic acid groups (broad SMARTS) is 2. The van der Waals surface area contributed by atoms with E-state index in [-0.39, 0.29) is 0 Å². The van der Waals surface area contributed by atoms with Gasteiger partial charge in [0.15, 0.2) is 0 Å². The second kappa shape index (κ2) is 10.4. The van der Waals surface area contributed by atoms with E-state index >= 15 is 0 Å². The van der Waals surface area contributed by atoms with Crippen LogP contribution in [0.15, 0.2) is 60.7 Å². The molecular weight excluding hydrogens is 366 g/mol. The van der Waals surface area contributed by atoms with E-state index in [0.29, 0.717) is 6.04 Å². The summed E-state index contributed by atoms with van der Waals surface area (Å²) in [5.74, 6) is -3.65. The van der Waals surface area contributed by atoms with Crippen LogP contribution in [0, 0.1) is 13.8 Å². The highest BCUT2D eigenvalue weighted by molar-refractivity contribution is 6.27. The van der Waals surface area contributed by atoms with Crippen LogP contribution >= 0.6 is 0 Å². The van der Waals surface area contributed by atoms with Gasteiger partial charge in [-0.2, -0.15) is 0 Å². The number of rotatable bonds is 5. The summed E-state index contributed by atoms with van der Waals surface area (Å²) < 4.78 is 0.